The topological polar surface area (TPSA) is 92.6 Å². The first-order valence-corrected chi connectivity index (χ1v) is 6.44. The summed E-state index contributed by atoms with van der Waals surface area (Å²) < 4.78 is 4.55. The molecule has 0 aromatic carbocycles. The number of aliphatic carboxylic acids is 1. The molecule has 0 bridgehead atoms. The highest BCUT2D eigenvalue weighted by Crippen LogP contribution is 2.26. The van der Waals surface area contributed by atoms with Crippen molar-refractivity contribution in [3.8, 4) is 0 Å². The van der Waals surface area contributed by atoms with Crippen LogP contribution in [0.5, 0.6) is 0 Å². The zero-order valence-electron chi connectivity index (χ0n) is 11.4. The summed E-state index contributed by atoms with van der Waals surface area (Å²) in [6, 6.07) is 2.49. The monoisotopic (exact) mass is 279 g/mol. The number of piperidine rings is 1. The van der Waals surface area contributed by atoms with E-state index in [-0.39, 0.29) is 5.69 Å². The van der Waals surface area contributed by atoms with Gasteiger partial charge in [-0.2, -0.15) is 0 Å². The van der Waals surface area contributed by atoms with Gasteiger partial charge in [-0.1, -0.05) is 6.92 Å². The zero-order chi connectivity index (χ0) is 14.7. The second-order valence-corrected chi connectivity index (χ2v) is 4.95. The van der Waals surface area contributed by atoms with Crippen LogP contribution in [0.3, 0.4) is 0 Å². The fourth-order valence-corrected chi connectivity index (χ4v) is 2.34. The van der Waals surface area contributed by atoms with E-state index in [1.807, 2.05) is 6.92 Å². The van der Waals surface area contributed by atoms with Crippen molar-refractivity contribution < 1.29 is 19.4 Å². The van der Waals surface area contributed by atoms with Crippen molar-refractivity contribution in [2.24, 2.45) is 5.92 Å². The van der Waals surface area contributed by atoms with Crippen molar-refractivity contribution in [3.63, 3.8) is 0 Å². The van der Waals surface area contributed by atoms with Crippen LogP contribution in [0.2, 0.25) is 0 Å². The van der Waals surface area contributed by atoms with Crippen LogP contribution in [-0.2, 0) is 9.53 Å². The minimum Gasteiger partial charge on any atom is -0.480 e. The summed E-state index contributed by atoms with van der Waals surface area (Å²) in [6.07, 6.45) is 1.49. The number of anilines is 1. The second-order valence-electron chi connectivity index (χ2n) is 4.95. The summed E-state index contributed by atoms with van der Waals surface area (Å²) in [5.41, 5.74) is 0.105. The third kappa shape index (κ3) is 2.87. The molecule has 1 saturated heterocycles. The second kappa shape index (κ2) is 5.85. The predicted molar refractivity (Wildman–Crippen MR) is 70.5 cm³/mol. The maximum Gasteiger partial charge on any atom is 0.358 e. The number of methoxy groups -OCH3 is 1. The predicted octanol–water partition coefficient (Wildman–Crippen LogP) is 0.953. The van der Waals surface area contributed by atoms with E-state index in [1.165, 1.54) is 13.2 Å². The first kappa shape index (κ1) is 14.2. The smallest absolute Gasteiger partial charge is 0.358 e. The van der Waals surface area contributed by atoms with Gasteiger partial charge in [0, 0.05) is 6.54 Å². The number of esters is 1. The van der Waals surface area contributed by atoms with Gasteiger partial charge in [-0.3, -0.25) is 0 Å². The van der Waals surface area contributed by atoms with Gasteiger partial charge in [0.1, 0.15) is 6.04 Å². The van der Waals surface area contributed by atoms with Gasteiger partial charge in [0.2, 0.25) is 0 Å². The molecule has 0 saturated carbocycles. The van der Waals surface area contributed by atoms with Gasteiger partial charge < -0.3 is 14.7 Å². The third-order valence-corrected chi connectivity index (χ3v) is 3.49. The van der Waals surface area contributed by atoms with Crippen molar-refractivity contribution in [2.45, 2.75) is 25.8 Å². The Morgan fingerprint density at radius 1 is 1.40 bits per heavy atom. The van der Waals surface area contributed by atoms with Crippen LogP contribution in [0.15, 0.2) is 12.1 Å². The molecular formula is C13H17N3O4. The number of carbonyl (C=O) groups excluding carboxylic acids is 1. The highest BCUT2D eigenvalue weighted by atomic mass is 16.5. The van der Waals surface area contributed by atoms with E-state index >= 15 is 0 Å². The zero-order valence-corrected chi connectivity index (χ0v) is 11.4. The summed E-state index contributed by atoms with van der Waals surface area (Å²) in [7, 11) is 1.27. The van der Waals surface area contributed by atoms with Gasteiger partial charge in [-0.25, -0.2) is 9.59 Å². The molecule has 1 N–H and O–H groups in total. The molecule has 1 aliphatic heterocycles. The Morgan fingerprint density at radius 2 is 2.15 bits per heavy atom. The van der Waals surface area contributed by atoms with E-state index in [0.29, 0.717) is 24.7 Å². The Labute approximate surface area is 116 Å². The Kier molecular flexibility index (Phi) is 4.16. The lowest BCUT2D eigenvalue weighted by Gasteiger charge is -2.36. The van der Waals surface area contributed by atoms with Crippen molar-refractivity contribution in [1.82, 2.24) is 10.2 Å². The lowest BCUT2D eigenvalue weighted by molar-refractivity contribution is -0.139. The van der Waals surface area contributed by atoms with Gasteiger partial charge in [0.05, 0.1) is 7.11 Å². The molecule has 2 atom stereocenters. The molecule has 20 heavy (non-hydrogen) atoms. The van der Waals surface area contributed by atoms with Crippen molar-refractivity contribution in [3.05, 3.63) is 17.8 Å². The van der Waals surface area contributed by atoms with Crippen molar-refractivity contribution in [1.29, 1.82) is 0 Å². The molecule has 0 radical (unpaired) electrons. The third-order valence-electron chi connectivity index (χ3n) is 3.49. The molecule has 1 aliphatic rings. The summed E-state index contributed by atoms with van der Waals surface area (Å²) in [4.78, 5) is 24.3. The van der Waals surface area contributed by atoms with Crippen LogP contribution < -0.4 is 4.90 Å². The molecule has 1 aromatic heterocycles. The molecule has 0 amide bonds. The average Bonchev–Trinajstić information content (AvgIpc) is 2.46. The van der Waals surface area contributed by atoms with E-state index in [1.54, 1.807) is 11.0 Å². The molecule has 7 nitrogen and oxygen atoms in total. The van der Waals surface area contributed by atoms with E-state index in [4.69, 9.17) is 0 Å². The number of aromatic nitrogens is 2. The summed E-state index contributed by atoms with van der Waals surface area (Å²) in [5.74, 6) is -0.590. The molecule has 2 rings (SSSR count). The number of hydrogen-bond acceptors (Lipinski definition) is 6. The highest BCUT2D eigenvalue weighted by Gasteiger charge is 2.32. The minimum absolute atomic E-state index is 0.105. The van der Waals surface area contributed by atoms with Gasteiger partial charge in [-0.15, -0.1) is 10.2 Å². The summed E-state index contributed by atoms with van der Waals surface area (Å²) in [5, 5.41) is 17.0. The Balaban J connectivity index is 2.21. The fraction of sp³-hybridized carbons (Fsp3) is 0.538. The number of hydrogen-bond donors (Lipinski definition) is 1. The SMILES string of the molecule is COC(=O)c1ccc(N2CCC(C)CC2C(=O)O)nn1. The van der Waals surface area contributed by atoms with Crippen LogP contribution in [0.4, 0.5) is 5.82 Å². The number of carbonyl (C=O) groups is 2. The number of nitrogens with zero attached hydrogens (tertiary/aromatic N) is 3. The van der Waals surface area contributed by atoms with Crippen LogP contribution >= 0.6 is 0 Å². The molecule has 0 aliphatic carbocycles. The van der Waals surface area contributed by atoms with E-state index in [0.717, 1.165) is 6.42 Å². The van der Waals surface area contributed by atoms with Gasteiger partial charge >= 0.3 is 11.9 Å². The molecule has 2 heterocycles. The lowest BCUT2D eigenvalue weighted by atomic mass is 9.92. The summed E-state index contributed by atoms with van der Waals surface area (Å²) in [6.45, 7) is 2.66. The number of rotatable bonds is 3. The summed E-state index contributed by atoms with van der Waals surface area (Å²) >= 11 is 0. The largest absolute Gasteiger partial charge is 0.480 e. The quantitative estimate of drug-likeness (QED) is 0.823. The normalized spacial score (nSPS) is 22.4. The van der Waals surface area contributed by atoms with Crippen LogP contribution in [0.25, 0.3) is 0 Å². The maximum absolute atomic E-state index is 11.3. The first-order chi connectivity index (χ1) is 9.52. The van der Waals surface area contributed by atoms with E-state index < -0.39 is 18.0 Å². The standard InChI is InChI=1S/C13H17N3O4/c1-8-5-6-16(10(7-8)12(17)18)11-4-3-9(14-15-11)13(19)20-2/h3-4,8,10H,5-7H2,1-2H3,(H,17,18). The maximum atomic E-state index is 11.3. The molecule has 1 aromatic rings. The highest BCUT2D eigenvalue weighted by molar-refractivity contribution is 5.87. The van der Waals surface area contributed by atoms with E-state index in [9.17, 15) is 14.7 Å². The Morgan fingerprint density at radius 3 is 2.70 bits per heavy atom. The van der Waals surface area contributed by atoms with Gasteiger partial charge in [0.25, 0.3) is 0 Å². The molecule has 7 heteroatoms. The lowest BCUT2D eigenvalue weighted by Crippen LogP contribution is -2.47. The van der Waals surface area contributed by atoms with Gasteiger partial charge in [0.15, 0.2) is 11.5 Å². The molecule has 0 spiro atoms. The number of carboxylic acid groups (broad SMARTS) is 1. The molecular weight excluding hydrogens is 262 g/mol. The van der Waals surface area contributed by atoms with Gasteiger partial charge in [-0.05, 0) is 30.9 Å². The Bertz CT molecular complexity index is 503. The number of ether oxygens (including phenoxy) is 1. The number of carboxylic acids is 1. The van der Waals surface area contributed by atoms with Crippen LogP contribution in [0, 0.1) is 5.92 Å². The van der Waals surface area contributed by atoms with E-state index in [2.05, 4.69) is 14.9 Å². The first-order valence-electron chi connectivity index (χ1n) is 6.44. The van der Waals surface area contributed by atoms with Crippen molar-refractivity contribution in [2.75, 3.05) is 18.6 Å². The van der Waals surface area contributed by atoms with Crippen LogP contribution in [0.1, 0.15) is 30.3 Å². The Hall–Kier alpha value is -2.18. The molecule has 2 unspecified atom stereocenters. The van der Waals surface area contributed by atoms with Crippen LogP contribution in [-0.4, -0.2) is 46.9 Å². The fourth-order valence-electron chi connectivity index (χ4n) is 2.34. The molecule has 1 fully saturated rings. The molecule has 108 valence electrons. The average molecular weight is 279 g/mol. The minimum atomic E-state index is -0.865. The van der Waals surface area contributed by atoms with Crippen molar-refractivity contribution >= 4 is 17.8 Å².